The molecule has 0 aromatic heterocycles. The Morgan fingerprint density at radius 1 is 1.10 bits per heavy atom. The molecule has 0 heterocycles. The van der Waals surface area contributed by atoms with Crippen LogP contribution in [-0.4, -0.2) is 31.1 Å². The van der Waals surface area contributed by atoms with Gasteiger partial charge in [0.25, 0.3) is 0 Å². The first-order valence-electron chi connectivity index (χ1n) is 2.97. The fourth-order valence-electron chi connectivity index (χ4n) is 0.469. The van der Waals surface area contributed by atoms with Gasteiger partial charge in [-0.3, -0.25) is 4.90 Å². The zero-order chi connectivity index (χ0) is 7.82. The van der Waals surface area contributed by atoms with E-state index in [0.29, 0.717) is 26.2 Å². The molecule has 0 rings (SSSR count). The van der Waals surface area contributed by atoms with Crippen LogP contribution in [0.1, 0.15) is 0 Å². The highest BCUT2D eigenvalue weighted by atomic mass is 15.1. The first kappa shape index (κ1) is 8.94. The third-order valence-corrected chi connectivity index (χ3v) is 0.998. The fraction of sp³-hybridized carbons (Fsp3) is 0.571. The maximum atomic E-state index is 6.46. The van der Waals surface area contributed by atoms with Crippen molar-refractivity contribution in [3.05, 3.63) is 29.9 Å². The molecule has 0 fully saturated rings. The van der Waals surface area contributed by atoms with Crippen molar-refractivity contribution in [2.75, 3.05) is 26.2 Å². The average molecular weight is 135 g/mol. The lowest BCUT2D eigenvalue weighted by molar-refractivity contribution is 0.405. The maximum Gasteiger partial charge on any atom is 0.227 e. The normalized spacial score (nSPS) is 8.80. The average Bonchev–Trinajstić information content (AvgIpc) is 1.97. The van der Waals surface area contributed by atoms with E-state index in [1.165, 1.54) is 4.90 Å². The van der Waals surface area contributed by atoms with E-state index >= 15 is 0 Å². The van der Waals surface area contributed by atoms with Crippen molar-refractivity contribution < 1.29 is 0 Å². The summed E-state index contributed by atoms with van der Waals surface area (Å²) in [5, 5.41) is 0. The summed E-state index contributed by atoms with van der Waals surface area (Å²) in [4.78, 5) is 7.77. The molecule has 2 radical (unpaired) electrons. The minimum atomic E-state index is 0.411. The summed E-state index contributed by atoms with van der Waals surface area (Å²) in [6.45, 7) is 14.8. The Kier molecular flexibility index (Phi) is 5.42. The molecule has 0 aromatic carbocycles. The van der Waals surface area contributed by atoms with Gasteiger partial charge in [0.1, 0.15) is 0 Å². The first-order valence-corrected chi connectivity index (χ1v) is 2.97. The molecule has 0 saturated heterocycles. The molecule has 3 nitrogen and oxygen atoms in total. The predicted molar refractivity (Wildman–Crippen MR) is 38.8 cm³/mol. The zero-order valence-electron chi connectivity index (χ0n) is 5.75. The lowest BCUT2D eigenvalue weighted by atomic mass is 10.5. The molecule has 0 spiro atoms. The van der Waals surface area contributed by atoms with Crippen molar-refractivity contribution in [1.82, 2.24) is 4.90 Å². The molecule has 0 saturated carbocycles. The summed E-state index contributed by atoms with van der Waals surface area (Å²) in [7, 11) is 5.39. The van der Waals surface area contributed by atoms with E-state index < -0.39 is 0 Å². The zero-order valence-corrected chi connectivity index (χ0v) is 5.75. The van der Waals surface area contributed by atoms with Crippen molar-refractivity contribution >= 4 is 0 Å². The first-order chi connectivity index (χ1) is 4.81. The van der Waals surface area contributed by atoms with Crippen LogP contribution in [0, 0.1) is 20.2 Å². The second kappa shape index (κ2) is 6.07. The largest absolute Gasteiger partial charge is 0.316 e. The minimum Gasteiger partial charge on any atom is -0.316 e. The van der Waals surface area contributed by atoms with Gasteiger partial charge < -0.3 is 9.69 Å². The summed E-state index contributed by atoms with van der Waals surface area (Å²) in [6.07, 6.45) is 0. The standard InChI is InChI=1S/C7H9N3/c1-8-4-6-10(3)7-5-9-2/h3H,4-7H2. The number of nitrogens with zero attached hydrogens (tertiary/aromatic N) is 3. The van der Waals surface area contributed by atoms with Gasteiger partial charge in [0.2, 0.25) is 13.1 Å². The lowest BCUT2D eigenvalue weighted by Gasteiger charge is -2.06. The van der Waals surface area contributed by atoms with Gasteiger partial charge in [-0.1, -0.05) is 0 Å². The van der Waals surface area contributed by atoms with Crippen LogP contribution in [0.4, 0.5) is 0 Å². The molecular formula is C7H9N3. The van der Waals surface area contributed by atoms with Crippen LogP contribution in [-0.2, 0) is 0 Å². The van der Waals surface area contributed by atoms with Gasteiger partial charge in [0.15, 0.2) is 0 Å². The number of hydrogen-bond donors (Lipinski definition) is 0. The molecule has 52 valence electrons. The summed E-state index contributed by atoms with van der Waals surface area (Å²) in [5.74, 6) is 0. The van der Waals surface area contributed by atoms with E-state index in [1.54, 1.807) is 0 Å². The van der Waals surface area contributed by atoms with Crippen molar-refractivity contribution in [2.45, 2.75) is 0 Å². The van der Waals surface area contributed by atoms with Gasteiger partial charge in [0.05, 0.1) is 13.1 Å². The summed E-state index contributed by atoms with van der Waals surface area (Å²) >= 11 is 0. The van der Waals surface area contributed by atoms with E-state index in [1.807, 2.05) is 0 Å². The molecule has 0 atom stereocenters. The van der Waals surface area contributed by atoms with Crippen molar-refractivity contribution in [3.63, 3.8) is 0 Å². The van der Waals surface area contributed by atoms with Gasteiger partial charge in [-0.25, -0.2) is 13.1 Å². The monoisotopic (exact) mass is 135 g/mol. The fourth-order valence-corrected chi connectivity index (χ4v) is 0.469. The predicted octanol–water partition coefficient (Wildman–Crippen LogP) is 0.796. The van der Waals surface area contributed by atoms with E-state index in [-0.39, 0.29) is 0 Å². The summed E-state index contributed by atoms with van der Waals surface area (Å²) in [6, 6.07) is 0. The van der Waals surface area contributed by atoms with E-state index in [0.717, 1.165) is 0 Å². The highest BCUT2D eigenvalue weighted by Crippen LogP contribution is 1.84. The number of hydrogen-bond acceptors (Lipinski definition) is 1. The Balaban J connectivity index is 3.20. The molecule has 0 amide bonds. The van der Waals surface area contributed by atoms with Crippen molar-refractivity contribution in [1.29, 1.82) is 0 Å². The van der Waals surface area contributed by atoms with E-state index in [2.05, 4.69) is 9.69 Å². The Bertz CT molecular complexity index is 133. The Labute approximate surface area is 61.9 Å². The third kappa shape index (κ3) is 5.08. The highest BCUT2D eigenvalue weighted by Gasteiger charge is 1.99. The van der Waals surface area contributed by atoms with E-state index in [9.17, 15) is 0 Å². The third-order valence-electron chi connectivity index (χ3n) is 0.998. The lowest BCUT2D eigenvalue weighted by Crippen LogP contribution is -2.21. The van der Waals surface area contributed by atoms with Crippen LogP contribution in [0.3, 0.4) is 0 Å². The maximum absolute atomic E-state index is 6.46. The van der Waals surface area contributed by atoms with Gasteiger partial charge in [-0.2, -0.15) is 0 Å². The molecular weight excluding hydrogens is 126 g/mol. The molecule has 0 aliphatic carbocycles. The molecule has 0 bridgehead atoms. The van der Waals surface area contributed by atoms with Crippen LogP contribution < -0.4 is 0 Å². The van der Waals surface area contributed by atoms with Crippen LogP contribution >= 0.6 is 0 Å². The molecule has 0 aliphatic heterocycles. The Morgan fingerprint density at radius 3 is 1.80 bits per heavy atom. The molecule has 10 heavy (non-hydrogen) atoms. The molecule has 0 N–H and O–H groups in total. The van der Waals surface area contributed by atoms with E-state index in [4.69, 9.17) is 20.2 Å². The molecule has 0 aromatic rings. The summed E-state index contributed by atoms with van der Waals surface area (Å²) in [5.41, 5.74) is 0. The van der Waals surface area contributed by atoms with Crippen molar-refractivity contribution in [2.24, 2.45) is 0 Å². The van der Waals surface area contributed by atoms with Crippen LogP contribution in [0.5, 0.6) is 0 Å². The highest BCUT2D eigenvalue weighted by molar-refractivity contribution is 4.69. The van der Waals surface area contributed by atoms with Crippen LogP contribution in [0.15, 0.2) is 0 Å². The molecule has 3 heteroatoms. The van der Waals surface area contributed by atoms with Crippen LogP contribution in [0.2, 0.25) is 0 Å². The SMILES string of the molecule is [C-]#[N+]CCN([CH])CC[N+]#[C-]. The smallest absolute Gasteiger partial charge is 0.227 e. The quantitative estimate of drug-likeness (QED) is 0.410. The van der Waals surface area contributed by atoms with Crippen LogP contribution in [0.25, 0.3) is 9.69 Å². The van der Waals surface area contributed by atoms with Gasteiger partial charge in [-0.05, 0) is 0 Å². The van der Waals surface area contributed by atoms with Gasteiger partial charge >= 0.3 is 0 Å². The summed E-state index contributed by atoms with van der Waals surface area (Å²) < 4.78 is 0. The molecule has 0 unspecified atom stereocenters. The van der Waals surface area contributed by atoms with Gasteiger partial charge in [0, 0.05) is 7.05 Å². The minimum absolute atomic E-state index is 0.411. The second-order valence-corrected chi connectivity index (χ2v) is 1.80. The van der Waals surface area contributed by atoms with Gasteiger partial charge in [-0.15, -0.1) is 0 Å². The second-order valence-electron chi connectivity index (χ2n) is 1.80. The Morgan fingerprint density at radius 2 is 1.50 bits per heavy atom. The topological polar surface area (TPSA) is 12.0 Å². The molecule has 0 aliphatic rings. The number of rotatable bonds is 4. The Hall–Kier alpha value is -1.06. The van der Waals surface area contributed by atoms with Crippen molar-refractivity contribution in [3.8, 4) is 0 Å².